The molecule has 1 atom stereocenters. The number of carbonyl (C=O) groups is 1. The first-order valence-electron chi connectivity index (χ1n) is 6.82. The lowest BCUT2D eigenvalue weighted by molar-refractivity contribution is -0.385. The summed E-state index contributed by atoms with van der Waals surface area (Å²) in [5.74, 6) is 0.503. The molecule has 8 nitrogen and oxygen atoms in total. The Morgan fingerprint density at radius 3 is 2.95 bits per heavy atom. The van der Waals surface area contributed by atoms with Crippen molar-refractivity contribution < 1.29 is 14.1 Å². The lowest BCUT2D eigenvalue weighted by Gasteiger charge is -2.16. The summed E-state index contributed by atoms with van der Waals surface area (Å²) in [6, 6.07) is 4.68. The number of furan rings is 1. The van der Waals surface area contributed by atoms with Crippen molar-refractivity contribution in [2.45, 2.75) is 12.5 Å². The fourth-order valence-corrected chi connectivity index (χ4v) is 2.42. The minimum absolute atomic E-state index is 0.0475. The maximum atomic E-state index is 12.2. The molecule has 8 heteroatoms. The molecule has 22 heavy (non-hydrogen) atoms. The number of amides is 1. The first-order chi connectivity index (χ1) is 10.6. The lowest BCUT2D eigenvalue weighted by Crippen LogP contribution is -2.31. The van der Waals surface area contributed by atoms with E-state index in [-0.39, 0.29) is 17.6 Å². The van der Waals surface area contributed by atoms with Gasteiger partial charge in [-0.15, -0.1) is 0 Å². The average molecular weight is 302 g/mol. The molecule has 1 N–H and O–H groups in total. The second kappa shape index (κ2) is 5.84. The zero-order valence-corrected chi connectivity index (χ0v) is 11.6. The van der Waals surface area contributed by atoms with Gasteiger partial charge in [-0.25, -0.2) is 4.98 Å². The number of pyridine rings is 1. The minimum Gasteiger partial charge on any atom is -0.472 e. The number of nitrogens with zero attached hydrogens (tertiary/aromatic N) is 3. The van der Waals surface area contributed by atoms with Gasteiger partial charge in [0, 0.05) is 25.2 Å². The number of hydrogen-bond acceptors (Lipinski definition) is 6. The first-order valence-corrected chi connectivity index (χ1v) is 6.82. The van der Waals surface area contributed by atoms with Gasteiger partial charge in [0.05, 0.1) is 16.7 Å². The number of likely N-dealkylation sites (tertiary alicyclic amines) is 1. The summed E-state index contributed by atoms with van der Waals surface area (Å²) in [4.78, 5) is 28.0. The van der Waals surface area contributed by atoms with Crippen LogP contribution in [0.5, 0.6) is 0 Å². The standard InChI is InChI=1S/C14H14N4O4/c19-14(10-4-6-22-9-10)17-5-3-11(8-17)16-13-2-1-12(7-15-13)18(20)21/h1-2,4,6-7,9,11H,3,5,8H2,(H,15,16)/t11-/m1/s1. The summed E-state index contributed by atoms with van der Waals surface area (Å²) in [5, 5.41) is 13.8. The monoisotopic (exact) mass is 302 g/mol. The number of hydrogen-bond donors (Lipinski definition) is 1. The van der Waals surface area contributed by atoms with Gasteiger partial charge in [0.2, 0.25) is 0 Å². The van der Waals surface area contributed by atoms with Crippen LogP contribution in [0, 0.1) is 10.1 Å². The largest absolute Gasteiger partial charge is 0.472 e. The van der Waals surface area contributed by atoms with Crippen molar-refractivity contribution in [1.82, 2.24) is 9.88 Å². The van der Waals surface area contributed by atoms with Gasteiger partial charge < -0.3 is 14.6 Å². The lowest BCUT2D eigenvalue weighted by atomic mass is 10.2. The van der Waals surface area contributed by atoms with Crippen molar-refractivity contribution in [3.05, 3.63) is 52.6 Å². The highest BCUT2D eigenvalue weighted by molar-refractivity contribution is 5.94. The van der Waals surface area contributed by atoms with Gasteiger partial charge in [0.1, 0.15) is 18.3 Å². The number of anilines is 1. The van der Waals surface area contributed by atoms with E-state index in [1.807, 2.05) is 0 Å². The Morgan fingerprint density at radius 2 is 2.32 bits per heavy atom. The van der Waals surface area contributed by atoms with Gasteiger partial charge >= 0.3 is 0 Å². The van der Waals surface area contributed by atoms with E-state index in [0.717, 1.165) is 6.42 Å². The van der Waals surface area contributed by atoms with E-state index in [9.17, 15) is 14.9 Å². The van der Waals surface area contributed by atoms with E-state index in [4.69, 9.17) is 4.42 Å². The molecule has 0 unspecified atom stereocenters. The van der Waals surface area contributed by atoms with Gasteiger partial charge in [-0.1, -0.05) is 0 Å². The molecular formula is C14H14N4O4. The molecule has 0 aliphatic carbocycles. The molecule has 1 fully saturated rings. The zero-order valence-electron chi connectivity index (χ0n) is 11.6. The van der Waals surface area contributed by atoms with Gasteiger partial charge in [0.25, 0.3) is 11.6 Å². The molecule has 1 aliphatic rings. The maximum Gasteiger partial charge on any atom is 0.287 e. The third-order valence-electron chi connectivity index (χ3n) is 3.55. The van der Waals surface area contributed by atoms with E-state index in [1.54, 1.807) is 17.0 Å². The highest BCUT2D eigenvalue weighted by Gasteiger charge is 2.27. The van der Waals surface area contributed by atoms with E-state index in [0.29, 0.717) is 24.5 Å². The number of nitrogens with one attached hydrogen (secondary N) is 1. The summed E-state index contributed by atoms with van der Waals surface area (Å²) in [5.41, 5.74) is 0.489. The second-order valence-corrected chi connectivity index (χ2v) is 5.05. The summed E-state index contributed by atoms with van der Waals surface area (Å²) in [6.45, 7) is 1.21. The van der Waals surface area contributed by atoms with Crippen molar-refractivity contribution in [3.63, 3.8) is 0 Å². The molecule has 0 radical (unpaired) electrons. The molecule has 0 saturated carbocycles. The number of carbonyl (C=O) groups excluding carboxylic acids is 1. The fourth-order valence-electron chi connectivity index (χ4n) is 2.42. The molecule has 0 bridgehead atoms. The number of nitro groups is 1. The summed E-state index contributed by atoms with van der Waals surface area (Å²) in [6.07, 6.45) is 4.91. The van der Waals surface area contributed by atoms with Gasteiger partial charge in [-0.05, 0) is 18.6 Å². The highest BCUT2D eigenvalue weighted by atomic mass is 16.6. The SMILES string of the molecule is O=C(c1ccoc1)N1CC[C@@H](Nc2ccc([N+](=O)[O-])cn2)C1. The molecule has 3 rings (SSSR count). The zero-order chi connectivity index (χ0) is 15.5. The third-order valence-corrected chi connectivity index (χ3v) is 3.55. The van der Waals surface area contributed by atoms with Crippen LogP contribution < -0.4 is 5.32 Å². The predicted octanol–water partition coefficient (Wildman–Crippen LogP) is 1.91. The van der Waals surface area contributed by atoms with Crippen molar-refractivity contribution in [1.29, 1.82) is 0 Å². The van der Waals surface area contributed by atoms with Crippen molar-refractivity contribution in [2.75, 3.05) is 18.4 Å². The topological polar surface area (TPSA) is 102 Å². The maximum absolute atomic E-state index is 12.2. The van der Waals surface area contributed by atoms with Crippen LogP contribution >= 0.6 is 0 Å². The van der Waals surface area contributed by atoms with E-state index >= 15 is 0 Å². The van der Waals surface area contributed by atoms with Gasteiger partial charge in [-0.3, -0.25) is 14.9 Å². The fraction of sp³-hybridized carbons (Fsp3) is 0.286. The van der Waals surface area contributed by atoms with E-state index in [2.05, 4.69) is 10.3 Å². The van der Waals surface area contributed by atoms with Crippen LogP contribution in [-0.2, 0) is 0 Å². The highest BCUT2D eigenvalue weighted by Crippen LogP contribution is 2.18. The second-order valence-electron chi connectivity index (χ2n) is 5.05. The van der Waals surface area contributed by atoms with Crippen LogP contribution in [-0.4, -0.2) is 39.8 Å². The number of aromatic nitrogens is 1. The van der Waals surface area contributed by atoms with Crippen LogP contribution in [0.25, 0.3) is 0 Å². The quantitative estimate of drug-likeness (QED) is 0.683. The average Bonchev–Trinajstić information content (AvgIpc) is 3.19. The summed E-state index contributed by atoms with van der Waals surface area (Å²) in [7, 11) is 0. The Labute approximate surface area is 125 Å². The Morgan fingerprint density at radius 1 is 1.45 bits per heavy atom. The molecule has 1 saturated heterocycles. The van der Waals surface area contributed by atoms with Crippen LogP contribution in [0.3, 0.4) is 0 Å². The van der Waals surface area contributed by atoms with Gasteiger partial charge in [-0.2, -0.15) is 0 Å². The molecule has 0 aromatic carbocycles. The molecular weight excluding hydrogens is 288 g/mol. The summed E-state index contributed by atoms with van der Waals surface area (Å²) < 4.78 is 4.92. The number of rotatable bonds is 4. The molecule has 1 amide bonds. The van der Waals surface area contributed by atoms with Gasteiger partial charge in [0.15, 0.2) is 0 Å². The molecule has 2 aromatic heterocycles. The molecule has 1 aliphatic heterocycles. The van der Waals surface area contributed by atoms with Crippen LogP contribution in [0.15, 0.2) is 41.3 Å². The smallest absolute Gasteiger partial charge is 0.287 e. The molecule has 3 heterocycles. The Bertz CT molecular complexity index is 669. The normalized spacial score (nSPS) is 17.5. The minimum atomic E-state index is -0.488. The first kappa shape index (κ1) is 14.1. The van der Waals surface area contributed by atoms with Crippen LogP contribution in [0.4, 0.5) is 11.5 Å². The Hall–Kier alpha value is -2.90. The van der Waals surface area contributed by atoms with E-state index in [1.165, 1.54) is 24.8 Å². The Balaban J connectivity index is 1.59. The summed E-state index contributed by atoms with van der Waals surface area (Å²) >= 11 is 0. The predicted molar refractivity (Wildman–Crippen MR) is 77.5 cm³/mol. The van der Waals surface area contributed by atoms with Crippen LogP contribution in [0.2, 0.25) is 0 Å². The van der Waals surface area contributed by atoms with Crippen LogP contribution in [0.1, 0.15) is 16.8 Å². The van der Waals surface area contributed by atoms with Crippen molar-refractivity contribution in [3.8, 4) is 0 Å². The van der Waals surface area contributed by atoms with Crippen molar-refractivity contribution in [2.24, 2.45) is 0 Å². The van der Waals surface area contributed by atoms with Crippen molar-refractivity contribution >= 4 is 17.4 Å². The molecule has 0 spiro atoms. The third kappa shape index (κ3) is 2.90. The molecule has 114 valence electrons. The van der Waals surface area contributed by atoms with E-state index < -0.39 is 4.92 Å². The molecule has 2 aromatic rings. The Kier molecular flexibility index (Phi) is 3.73.